The fourth-order valence-corrected chi connectivity index (χ4v) is 2.76. The smallest absolute Gasteiger partial charge is 0.237 e. The third-order valence-electron chi connectivity index (χ3n) is 2.88. The summed E-state index contributed by atoms with van der Waals surface area (Å²) in [7, 11) is 0. The number of likely N-dealkylation sites (N-methyl/N-ethyl adjacent to an activating group) is 1. The highest BCUT2D eigenvalue weighted by molar-refractivity contribution is 9.10. The van der Waals surface area contributed by atoms with Crippen molar-refractivity contribution in [1.29, 1.82) is 0 Å². The highest BCUT2D eigenvalue weighted by atomic mass is 79.9. The van der Waals surface area contributed by atoms with Crippen molar-refractivity contribution in [2.45, 2.75) is 37.3 Å². The summed E-state index contributed by atoms with van der Waals surface area (Å²) < 4.78 is 0.977. The fraction of sp³-hybridized carbons (Fsp3) is 0.538. The molecule has 1 unspecified atom stereocenters. The zero-order chi connectivity index (χ0) is 14.3. The molecule has 19 heavy (non-hydrogen) atoms. The van der Waals surface area contributed by atoms with Crippen LogP contribution in [0.15, 0.2) is 27.8 Å². The Balaban J connectivity index is 2.36. The summed E-state index contributed by atoms with van der Waals surface area (Å²) in [6.07, 6.45) is 3.43. The Morgan fingerprint density at radius 1 is 1.58 bits per heavy atom. The molecule has 0 bridgehead atoms. The first-order valence-electron chi connectivity index (χ1n) is 6.27. The average Bonchev–Trinajstić information content (AvgIpc) is 2.37. The molecule has 0 aliphatic rings. The lowest BCUT2D eigenvalue weighted by Gasteiger charge is -2.26. The van der Waals surface area contributed by atoms with Crippen LogP contribution in [0.1, 0.15) is 26.7 Å². The first-order chi connectivity index (χ1) is 8.98. The fourth-order valence-electron chi connectivity index (χ4n) is 1.74. The van der Waals surface area contributed by atoms with Gasteiger partial charge < -0.3 is 11.1 Å². The molecule has 1 rings (SSSR count). The maximum Gasteiger partial charge on any atom is 0.237 e. The Bertz CT molecular complexity index is 413. The van der Waals surface area contributed by atoms with Gasteiger partial charge in [0.1, 0.15) is 0 Å². The molecule has 0 saturated heterocycles. The normalized spacial score (nSPS) is 14.1. The van der Waals surface area contributed by atoms with Crippen LogP contribution in [0.5, 0.6) is 0 Å². The van der Waals surface area contributed by atoms with Crippen molar-refractivity contribution in [1.82, 2.24) is 10.3 Å². The van der Waals surface area contributed by atoms with E-state index in [4.69, 9.17) is 5.73 Å². The van der Waals surface area contributed by atoms with Crippen molar-refractivity contribution < 1.29 is 4.79 Å². The summed E-state index contributed by atoms with van der Waals surface area (Å²) in [5.41, 5.74) is 4.83. The second-order valence-electron chi connectivity index (χ2n) is 4.49. The molecule has 0 aliphatic carbocycles. The number of nitrogens with one attached hydrogen (secondary N) is 1. The Morgan fingerprint density at radius 2 is 2.32 bits per heavy atom. The van der Waals surface area contributed by atoms with Crippen LogP contribution in [-0.4, -0.2) is 28.7 Å². The minimum atomic E-state index is -0.609. The number of aromatic nitrogens is 1. The zero-order valence-corrected chi connectivity index (χ0v) is 13.7. The number of amides is 1. The summed E-state index contributed by atoms with van der Waals surface area (Å²) in [5.74, 6) is 0.629. The molecule has 0 saturated carbocycles. The van der Waals surface area contributed by atoms with E-state index >= 15 is 0 Å². The van der Waals surface area contributed by atoms with Crippen LogP contribution in [0.25, 0.3) is 0 Å². The van der Waals surface area contributed by atoms with Crippen LogP contribution in [-0.2, 0) is 4.79 Å². The summed E-state index contributed by atoms with van der Waals surface area (Å²) in [6, 6.07) is 3.95. The second-order valence-corrected chi connectivity index (χ2v) is 6.52. The number of carbonyl (C=O) groups excluding carboxylic acids is 1. The second kappa shape index (κ2) is 7.87. The number of thioether (sulfide) groups is 1. The van der Waals surface area contributed by atoms with E-state index in [1.165, 1.54) is 0 Å². The molecule has 0 fully saturated rings. The molecule has 106 valence electrons. The van der Waals surface area contributed by atoms with E-state index in [-0.39, 0.29) is 5.91 Å². The number of rotatable bonds is 8. The van der Waals surface area contributed by atoms with Gasteiger partial charge in [0.15, 0.2) is 0 Å². The van der Waals surface area contributed by atoms with Crippen molar-refractivity contribution in [2.75, 3.05) is 12.3 Å². The number of nitrogens with zero attached hydrogens (tertiary/aromatic N) is 1. The molecule has 0 aliphatic heterocycles. The third-order valence-corrected chi connectivity index (χ3v) is 4.38. The number of hydrogen-bond donors (Lipinski definition) is 2. The van der Waals surface area contributed by atoms with E-state index in [2.05, 4.69) is 26.2 Å². The summed E-state index contributed by atoms with van der Waals surface area (Å²) in [6.45, 7) is 4.57. The number of carbonyl (C=O) groups is 1. The van der Waals surface area contributed by atoms with Crippen molar-refractivity contribution in [3.63, 3.8) is 0 Å². The maximum absolute atomic E-state index is 11.4. The van der Waals surface area contributed by atoms with Crippen molar-refractivity contribution in [3.05, 3.63) is 22.8 Å². The van der Waals surface area contributed by atoms with E-state index < -0.39 is 5.54 Å². The van der Waals surface area contributed by atoms with E-state index in [0.29, 0.717) is 0 Å². The highest BCUT2D eigenvalue weighted by Gasteiger charge is 2.28. The summed E-state index contributed by atoms with van der Waals surface area (Å²) in [5, 5.41) is 4.15. The van der Waals surface area contributed by atoms with Crippen LogP contribution in [0, 0.1) is 0 Å². The minimum Gasteiger partial charge on any atom is -0.368 e. The number of primary amides is 1. The van der Waals surface area contributed by atoms with Crippen LogP contribution >= 0.6 is 27.7 Å². The molecule has 1 amide bonds. The molecule has 0 radical (unpaired) electrons. The van der Waals surface area contributed by atoms with Crippen LogP contribution in [0.4, 0.5) is 0 Å². The number of nitrogens with two attached hydrogens (primary N) is 1. The van der Waals surface area contributed by atoms with Crippen LogP contribution < -0.4 is 11.1 Å². The topological polar surface area (TPSA) is 68.0 Å². The van der Waals surface area contributed by atoms with Crippen LogP contribution in [0.3, 0.4) is 0 Å². The molecular weight excluding hydrogens is 326 g/mol. The SMILES string of the molecule is CCNC(C)(CCCSc1ccc(Br)cn1)C(N)=O. The van der Waals surface area contributed by atoms with Gasteiger partial charge in [-0.15, -0.1) is 11.8 Å². The zero-order valence-electron chi connectivity index (χ0n) is 11.3. The van der Waals surface area contributed by atoms with Crippen molar-refractivity contribution >= 4 is 33.6 Å². The Labute approximate surface area is 127 Å². The summed E-state index contributed by atoms with van der Waals surface area (Å²) >= 11 is 5.04. The van der Waals surface area contributed by atoms with Crippen LogP contribution in [0.2, 0.25) is 0 Å². The molecule has 1 aromatic rings. The Kier molecular flexibility index (Phi) is 6.82. The molecule has 3 N–H and O–H groups in total. The van der Waals surface area contributed by atoms with Gasteiger partial charge in [-0.25, -0.2) is 4.98 Å². The average molecular weight is 346 g/mol. The maximum atomic E-state index is 11.4. The number of pyridine rings is 1. The van der Waals surface area contributed by atoms with E-state index in [1.54, 1.807) is 18.0 Å². The first-order valence-corrected chi connectivity index (χ1v) is 8.05. The predicted molar refractivity (Wildman–Crippen MR) is 83.2 cm³/mol. The third kappa shape index (κ3) is 5.50. The highest BCUT2D eigenvalue weighted by Crippen LogP contribution is 2.21. The van der Waals surface area contributed by atoms with Gasteiger partial charge in [-0.3, -0.25) is 4.79 Å². The molecule has 4 nitrogen and oxygen atoms in total. The molecule has 1 atom stereocenters. The van der Waals surface area contributed by atoms with Crippen molar-refractivity contribution in [2.24, 2.45) is 5.73 Å². The Hall–Kier alpha value is -0.590. The minimum absolute atomic E-state index is 0.291. The summed E-state index contributed by atoms with van der Waals surface area (Å²) in [4.78, 5) is 15.7. The lowest BCUT2D eigenvalue weighted by atomic mass is 9.95. The van der Waals surface area contributed by atoms with E-state index in [0.717, 1.165) is 34.6 Å². The standard InChI is InChI=1S/C13H20BrN3OS/c1-3-17-13(2,12(15)18)7-4-8-19-11-6-5-10(14)9-16-11/h5-6,9,17H,3-4,7-8H2,1-2H3,(H2,15,18). The lowest BCUT2D eigenvalue weighted by Crippen LogP contribution is -2.53. The molecule has 6 heteroatoms. The van der Waals surface area contributed by atoms with Gasteiger partial charge in [0.05, 0.1) is 10.6 Å². The lowest BCUT2D eigenvalue weighted by molar-refractivity contribution is -0.124. The predicted octanol–water partition coefficient (Wildman–Crippen LogP) is 2.57. The molecule has 0 spiro atoms. The van der Waals surface area contributed by atoms with Crippen molar-refractivity contribution in [3.8, 4) is 0 Å². The first kappa shape index (κ1) is 16.5. The number of hydrogen-bond acceptors (Lipinski definition) is 4. The largest absolute Gasteiger partial charge is 0.368 e. The molecule has 0 aromatic carbocycles. The van der Waals surface area contributed by atoms with Gasteiger partial charge in [0, 0.05) is 10.7 Å². The van der Waals surface area contributed by atoms with Gasteiger partial charge in [-0.05, 0) is 60.1 Å². The van der Waals surface area contributed by atoms with E-state index in [1.807, 2.05) is 26.0 Å². The quantitative estimate of drug-likeness (QED) is 0.561. The van der Waals surface area contributed by atoms with Gasteiger partial charge in [-0.2, -0.15) is 0 Å². The number of halogens is 1. The monoisotopic (exact) mass is 345 g/mol. The van der Waals surface area contributed by atoms with Gasteiger partial charge in [0.25, 0.3) is 0 Å². The van der Waals surface area contributed by atoms with E-state index in [9.17, 15) is 4.79 Å². The molecular formula is C13H20BrN3OS. The van der Waals surface area contributed by atoms with Gasteiger partial charge >= 0.3 is 0 Å². The molecule has 1 aromatic heterocycles. The van der Waals surface area contributed by atoms with Gasteiger partial charge in [0.2, 0.25) is 5.91 Å². The molecule has 1 heterocycles. The Morgan fingerprint density at radius 3 is 2.84 bits per heavy atom. The van der Waals surface area contributed by atoms with Gasteiger partial charge in [-0.1, -0.05) is 6.92 Å².